The van der Waals surface area contributed by atoms with Gasteiger partial charge in [-0.15, -0.1) is 20.4 Å². The molecule has 0 saturated heterocycles. The van der Waals surface area contributed by atoms with Crippen LogP contribution in [0.2, 0.25) is 0 Å². The van der Waals surface area contributed by atoms with E-state index in [4.69, 9.17) is 45.3 Å². The van der Waals surface area contributed by atoms with Crippen LogP contribution in [0.1, 0.15) is 0 Å². The maximum Gasteiger partial charge on any atom is 0.160 e. The van der Waals surface area contributed by atoms with Gasteiger partial charge in [-0.1, -0.05) is 231 Å². The summed E-state index contributed by atoms with van der Waals surface area (Å²) in [4.78, 5) is 37.9. The molecule has 0 aliphatic carbocycles. The molecule has 0 atom stereocenters. The van der Waals surface area contributed by atoms with E-state index in [9.17, 15) is 0 Å². The molecular weight excluding hydrogens is 1300 g/mol. The highest BCUT2D eigenvalue weighted by Crippen LogP contribution is 2.41. The minimum atomic E-state index is 0.703. The van der Waals surface area contributed by atoms with Crippen LogP contribution in [-0.4, -0.2) is 64.9 Å². The average molecular weight is 1360 g/mol. The van der Waals surface area contributed by atoms with E-state index in [1.165, 1.54) is 0 Å². The van der Waals surface area contributed by atoms with Crippen LogP contribution in [0.4, 0.5) is 0 Å². The second-order valence-electron chi connectivity index (χ2n) is 25.9. The maximum atomic E-state index is 5.23. The van der Waals surface area contributed by atoms with Crippen molar-refractivity contribution in [3.63, 3.8) is 0 Å². The Hall–Kier alpha value is -14.7. The lowest BCUT2D eigenvalue weighted by atomic mass is 9.95. The molecule has 0 bridgehead atoms. The molecule has 13 nitrogen and oxygen atoms in total. The molecule has 0 N–H and O–H groups in total. The molecule has 12 aromatic carbocycles. The first-order valence-corrected chi connectivity index (χ1v) is 35.1. The largest absolute Gasteiger partial charge is 0.255 e. The third-order valence-corrected chi connectivity index (χ3v) is 19.2. The van der Waals surface area contributed by atoms with Gasteiger partial charge >= 0.3 is 0 Å². The Bertz CT molecular complexity index is 6140. The molecule has 0 saturated carbocycles. The fourth-order valence-electron chi connectivity index (χ4n) is 14.1. The van der Waals surface area contributed by atoms with Crippen molar-refractivity contribution in [2.24, 2.45) is 0 Å². The lowest BCUT2D eigenvalue weighted by Crippen LogP contribution is -1.97. The third kappa shape index (κ3) is 12.0. The minimum absolute atomic E-state index is 0.703. The standard InChI is InChI=1S/C47H30N6.C46H29N7/c1-4-13-32(14-5-1)42-30-43(50-47(49-42)34-15-6-2-7-16-34)33-25-23-31(24-26-33)35-17-12-18-36(29-35)45-39-27-28-41-46(44(39)38-21-10-11-22-40(38)48-45)52-53(51-41)37-19-8-3-9-20-37;1-2-13-35(14-3-1)53-51-41-24-23-37-44(46(41)52-53)36-15-4-5-16-38(36)50-45(37)33-12-10-11-32(27-33)30-19-21-31(22-20-30)34-28-42(39-17-6-8-25-47-39)49-43(29-34)40-18-7-9-26-48-40/h1-30H;1-29H. The van der Waals surface area contributed by atoms with E-state index in [0.29, 0.717) is 5.82 Å². The van der Waals surface area contributed by atoms with E-state index in [2.05, 4.69) is 186 Å². The van der Waals surface area contributed by atoms with Crippen molar-refractivity contribution in [1.82, 2.24) is 64.9 Å². The highest BCUT2D eigenvalue weighted by atomic mass is 15.5. The van der Waals surface area contributed by atoms with Crippen molar-refractivity contribution >= 4 is 65.4 Å². The van der Waals surface area contributed by atoms with Gasteiger partial charge in [0, 0.05) is 72.5 Å². The topological polar surface area (TPSA) is 152 Å². The van der Waals surface area contributed by atoms with Crippen LogP contribution in [0.25, 0.3) is 189 Å². The van der Waals surface area contributed by atoms with Gasteiger partial charge in [-0.25, -0.2) is 24.9 Å². The summed E-state index contributed by atoms with van der Waals surface area (Å²) in [6.07, 6.45) is 3.58. The molecule has 0 fully saturated rings. The van der Waals surface area contributed by atoms with Crippen LogP contribution in [0.15, 0.2) is 358 Å². The fraction of sp³-hybridized carbons (Fsp3) is 0. The number of nitrogens with zero attached hydrogens (tertiary/aromatic N) is 13. The lowest BCUT2D eigenvalue weighted by Gasteiger charge is -2.12. The number of hydrogen-bond acceptors (Lipinski definition) is 11. The van der Waals surface area contributed by atoms with Crippen molar-refractivity contribution in [1.29, 1.82) is 0 Å². The predicted octanol–water partition coefficient (Wildman–Crippen LogP) is 21.9. The number of pyridine rings is 5. The van der Waals surface area contributed by atoms with Gasteiger partial charge < -0.3 is 0 Å². The van der Waals surface area contributed by atoms with Crippen LogP contribution in [0, 0.1) is 0 Å². The molecule has 0 radical (unpaired) electrons. The number of benzene rings is 12. The molecule has 8 heterocycles. The summed E-state index contributed by atoms with van der Waals surface area (Å²) in [6, 6.07) is 118. The average Bonchev–Trinajstić information content (AvgIpc) is 1.39. The Morgan fingerprint density at radius 2 is 0.585 bits per heavy atom. The van der Waals surface area contributed by atoms with Crippen molar-refractivity contribution in [2.75, 3.05) is 0 Å². The predicted molar refractivity (Wildman–Crippen MR) is 427 cm³/mol. The van der Waals surface area contributed by atoms with Crippen molar-refractivity contribution in [3.8, 4) is 124 Å². The number of hydrogen-bond donors (Lipinski definition) is 0. The molecule has 0 amide bonds. The zero-order valence-corrected chi connectivity index (χ0v) is 56.9. The lowest BCUT2D eigenvalue weighted by molar-refractivity contribution is 0.766. The van der Waals surface area contributed by atoms with Gasteiger partial charge in [-0.3, -0.25) is 9.97 Å². The molecule has 0 unspecified atom stereocenters. The second kappa shape index (κ2) is 27.0. The van der Waals surface area contributed by atoms with Gasteiger partial charge in [0.05, 0.1) is 68.0 Å². The van der Waals surface area contributed by atoms with E-state index in [1.807, 2.05) is 170 Å². The summed E-state index contributed by atoms with van der Waals surface area (Å²) in [6.45, 7) is 0. The molecule has 20 rings (SSSR count). The van der Waals surface area contributed by atoms with Crippen LogP contribution in [0.5, 0.6) is 0 Å². The third-order valence-electron chi connectivity index (χ3n) is 19.2. The zero-order valence-electron chi connectivity index (χ0n) is 56.9. The Morgan fingerprint density at radius 3 is 1.05 bits per heavy atom. The van der Waals surface area contributed by atoms with Gasteiger partial charge in [0.25, 0.3) is 0 Å². The van der Waals surface area contributed by atoms with Crippen LogP contribution in [-0.2, 0) is 0 Å². The molecule has 0 aliphatic heterocycles. The quantitative estimate of drug-likeness (QED) is 0.107. The first-order chi connectivity index (χ1) is 52.5. The molecule has 496 valence electrons. The first kappa shape index (κ1) is 62.3. The molecule has 0 aliphatic rings. The molecule has 0 spiro atoms. The monoisotopic (exact) mass is 1360 g/mol. The number of para-hydroxylation sites is 4. The van der Waals surface area contributed by atoms with Gasteiger partial charge in [0.1, 0.15) is 22.1 Å². The van der Waals surface area contributed by atoms with Crippen molar-refractivity contribution in [3.05, 3.63) is 358 Å². The van der Waals surface area contributed by atoms with Crippen molar-refractivity contribution in [2.45, 2.75) is 0 Å². The Balaban J connectivity index is 0.000000145. The molecule has 106 heavy (non-hydrogen) atoms. The number of aromatic nitrogens is 13. The maximum absolute atomic E-state index is 5.23. The SMILES string of the molecule is c1ccc(-c2cc(-c3ccc(-c4cccc(-c5nc6ccccc6c6c5ccc5nn(-c7ccccc7)nc56)c4)cc3)nc(-c3ccccc3)n2)cc1.c1ccc(-n2nc3ccc4c(-c5cccc(-c6ccc(-c7cc(-c8ccccn8)nc(-c8ccccn8)c7)cc6)c5)nc5ccccc5c4c3n2)cc1. The van der Waals surface area contributed by atoms with E-state index < -0.39 is 0 Å². The van der Waals surface area contributed by atoms with E-state index >= 15 is 0 Å². The molecule has 20 aromatic rings. The Morgan fingerprint density at radius 1 is 0.198 bits per heavy atom. The Labute approximate surface area is 608 Å². The minimum Gasteiger partial charge on any atom is -0.255 e. The van der Waals surface area contributed by atoms with Crippen LogP contribution < -0.4 is 0 Å². The number of rotatable bonds is 12. The summed E-state index contributed by atoms with van der Waals surface area (Å²) in [5.41, 5.74) is 25.6. The molecule has 13 heteroatoms. The van der Waals surface area contributed by atoms with Gasteiger partial charge in [-0.05, 0) is 149 Å². The Kier molecular flexibility index (Phi) is 15.9. The van der Waals surface area contributed by atoms with Crippen LogP contribution >= 0.6 is 0 Å². The molecule has 8 aromatic heterocycles. The second-order valence-corrected chi connectivity index (χ2v) is 25.9. The van der Waals surface area contributed by atoms with Crippen molar-refractivity contribution < 1.29 is 0 Å². The summed E-state index contributed by atoms with van der Waals surface area (Å²) < 4.78 is 0. The first-order valence-electron chi connectivity index (χ1n) is 35.1. The molecular formula is C93H59N13. The van der Waals surface area contributed by atoms with Crippen LogP contribution in [0.3, 0.4) is 0 Å². The van der Waals surface area contributed by atoms with Gasteiger partial charge in [-0.2, -0.15) is 9.59 Å². The van der Waals surface area contributed by atoms with E-state index in [1.54, 1.807) is 22.0 Å². The summed E-state index contributed by atoms with van der Waals surface area (Å²) in [7, 11) is 0. The highest BCUT2D eigenvalue weighted by Gasteiger charge is 2.21. The van der Waals surface area contributed by atoms with E-state index in [0.717, 1.165) is 184 Å². The number of fused-ring (bicyclic) bond motifs is 10. The zero-order chi connectivity index (χ0) is 70.3. The summed E-state index contributed by atoms with van der Waals surface area (Å²) in [5.74, 6) is 0.703. The fourth-order valence-corrected chi connectivity index (χ4v) is 14.1. The summed E-state index contributed by atoms with van der Waals surface area (Å²) in [5, 5.41) is 26.0. The van der Waals surface area contributed by atoms with Gasteiger partial charge in [0.2, 0.25) is 0 Å². The highest BCUT2D eigenvalue weighted by molar-refractivity contribution is 6.22. The summed E-state index contributed by atoms with van der Waals surface area (Å²) >= 11 is 0. The normalized spacial score (nSPS) is 11.4. The van der Waals surface area contributed by atoms with Gasteiger partial charge in [0.15, 0.2) is 5.82 Å². The van der Waals surface area contributed by atoms with E-state index in [-0.39, 0.29) is 0 Å². The smallest absolute Gasteiger partial charge is 0.160 e.